The van der Waals surface area contributed by atoms with E-state index in [1.54, 1.807) is 0 Å². The van der Waals surface area contributed by atoms with Gasteiger partial charge >= 0.3 is 0 Å². The maximum Gasteiger partial charge on any atom is 0.254 e. The number of anilines is 1. The molecular formula is C17H20N2O3. The van der Waals surface area contributed by atoms with Crippen LogP contribution in [0.4, 0.5) is 5.69 Å². The Hall–Kier alpha value is -2.14. The summed E-state index contributed by atoms with van der Waals surface area (Å²) in [4.78, 5) is 25.7. The highest BCUT2D eigenvalue weighted by molar-refractivity contribution is 5.99. The van der Waals surface area contributed by atoms with E-state index in [2.05, 4.69) is 5.32 Å². The van der Waals surface area contributed by atoms with Gasteiger partial charge in [-0.1, -0.05) is 0 Å². The number of nitrogens with one attached hydrogen (secondary N) is 1. The molecule has 1 aromatic carbocycles. The van der Waals surface area contributed by atoms with Gasteiger partial charge in [0.2, 0.25) is 0 Å². The normalized spacial score (nSPS) is 18.8. The maximum absolute atomic E-state index is 12.3. The van der Waals surface area contributed by atoms with Crippen LogP contribution >= 0.6 is 0 Å². The van der Waals surface area contributed by atoms with E-state index in [0.29, 0.717) is 38.3 Å². The number of nitrogens with zero attached hydrogens (tertiary/aromatic N) is 1. The Labute approximate surface area is 129 Å². The lowest BCUT2D eigenvalue weighted by Crippen LogP contribution is -2.40. The Morgan fingerprint density at radius 3 is 2.41 bits per heavy atom. The van der Waals surface area contributed by atoms with Crippen molar-refractivity contribution in [3.63, 3.8) is 0 Å². The molecular weight excluding hydrogens is 280 g/mol. The summed E-state index contributed by atoms with van der Waals surface area (Å²) < 4.78 is 5.26. The number of Topliss-reactive ketones (excluding diaryl/α,β-unsaturated/α-hetero) is 1. The molecule has 0 spiro atoms. The third kappa shape index (κ3) is 3.04. The van der Waals surface area contributed by atoms with Crippen molar-refractivity contribution >= 4 is 17.4 Å². The number of morpholine rings is 1. The van der Waals surface area contributed by atoms with Gasteiger partial charge < -0.3 is 15.0 Å². The zero-order valence-corrected chi connectivity index (χ0v) is 12.7. The van der Waals surface area contributed by atoms with Crippen LogP contribution in [-0.2, 0) is 9.53 Å². The van der Waals surface area contributed by atoms with Crippen LogP contribution in [0.15, 0.2) is 35.5 Å². The van der Waals surface area contributed by atoms with E-state index in [9.17, 15) is 9.59 Å². The average Bonchev–Trinajstić information content (AvgIpc) is 2.88. The Kier molecular flexibility index (Phi) is 4.24. The van der Waals surface area contributed by atoms with Gasteiger partial charge in [-0.15, -0.1) is 0 Å². The van der Waals surface area contributed by atoms with E-state index in [0.717, 1.165) is 23.4 Å². The second kappa shape index (κ2) is 6.32. The van der Waals surface area contributed by atoms with Crippen LogP contribution in [0.2, 0.25) is 0 Å². The van der Waals surface area contributed by atoms with Crippen molar-refractivity contribution in [2.75, 3.05) is 31.6 Å². The van der Waals surface area contributed by atoms with Crippen molar-refractivity contribution in [1.29, 1.82) is 0 Å². The number of hydrogen-bond acceptors (Lipinski definition) is 4. The summed E-state index contributed by atoms with van der Waals surface area (Å²) in [6.45, 7) is 4.35. The lowest BCUT2D eigenvalue weighted by molar-refractivity contribution is -0.114. The standard InChI is InChI=1S/C17H20N2O3/c1-12-15(6-7-16(12)20)18-14-4-2-13(3-5-14)17(21)19-8-10-22-11-9-19/h2-5,18H,6-11H2,1H3. The zero-order chi connectivity index (χ0) is 15.5. The Morgan fingerprint density at radius 2 is 1.82 bits per heavy atom. The summed E-state index contributed by atoms with van der Waals surface area (Å²) in [5, 5.41) is 3.28. The minimum atomic E-state index is 0.0429. The van der Waals surface area contributed by atoms with Crippen molar-refractivity contribution < 1.29 is 14.3 Å². The summed E-state index contributed by atoms with van der Waals surface area (Å²) in [5.74, 6) is 0.253. The van der Waals surface area contributed by atoms with Gasteiger partial charge in [-0.05, 0) is 37.6 Å². The molecule has 1 aliphatic heterocycles. The second-order valence-electron chi connectivity index (χ2n) is 5.63. The SMILES string of the molecule is CC1=C(Nc2ccc(C(=O)N3CCOCC3)cc2)CCC1=O. The van der Waals surface area contributed by atoms with Crippen molar-refractivity contribution in [1.82, 2.24) is 4.90 Å². The molecule has 5 nitrogen and oxygen atoms in total. The molecule has 2 aliphatic rings. The van der Waals surface area contributed by atoms with Gasteiger partial charge in [-0.25, -0.2) is 0 Å². The van der Waals surface area contributed by atoms with Gasteiger partial charge in [0.05, 0.1) is 13.2 Å². The highest BCUT2D eigenvalue weighted by Gasteiger charge is 2.20. The Morgan fingerprint density at radius 1 is 1.14 bits per heavy atom. The molecule has 5 heteroatoms. The summed E-state index contributed by atoms with van der Waals surface area (Å²) in [6, 6.07) is 7.42. The zero-order valence-electron chi connectivity index (χ0n) is 12.7. The molecule has 0 atom stereocenters. The first-order valence-corrected chi connectivity index (χ1v) is 7.62. The van der Waals surface area contributed by atoms with Crippen molar-refractivity contribution in [3.05, 3.63) is 41.1 Å². The molecule has 1 fully saturated rings. The molecule has 1 aliphatic carbocycles. The fourth-order valence-corrected chi connectivity index (χ4v) is 2.76. The summed E-state index contributed by atoms with van der Waals surface area (Å²) in [5.41, 5.74) is 3.38. The monoisotopic (exact) mass is 300 g/mol. The van der Waals surface area contributed by atoms with E-state index in [4.69, 9.17) is 4.74 Å². The lowest BCUT2D eigenvalue weighted by Gasteiger charge is -2.26. The van der Waals surface area contributed by atoms with Crippen LogP contribution in [0.3, 0.4) is 0 Å². The maximum atomic E-state index is 12.3. The molecule has 1 heterocycles. The average molecular weight is 300 g/mol. The third-order valence-electron chi connectivity index (χ3n) is 4.20. The molecule has 1 saturated heterocycles. The molecule has 1 N–H and O–H groups in total. The lowest BCUT2D eigenvalue weighted by atomic mass is 10.1. The minimum Gasteiger partial charge on any atom is -0.378 e. The molecule has 3 rings (SSSR count). The summed E-state index contributed by atoms with van der Waals surface area (Å²) in [7, 11) is 0. The number of amides is 1. The van der Waals surface area contributed by atoms with Gasteiger partial charge in [-0.2, -0.15) is 0 Å². The van der Waals surface area contributed by atoms with Crippen molar-refractivity contribution in [2.45, 2.75) is 19.8 Å². The molecule has 0 saturated carbocycles. The Balaban J connectivity index is 1.67. The van der Waals surface area contributed by atoms with E-state index < -0.39 is 0 Å². The molecule has 116 valence electrons. The molecule has 22 heavy (non-hydrogen) atoms. The smallest absolute Gasteiger partial charge is 0.254 e. The first kappa shape index (κ1) is 14.8. The first-order valence-electron chi connectivity index (χ1n) is 7.62. The van der Waals surface area contributed by atoms with Crippen LogP contribution in [0, 0.1) is 0 Å². The van der Waals surface area contributed by atoms with Gasteiger partial charge in [0, 0.05) is 42.0 Å². The van der Waals surface area contributed by atoms with E-state index in [1.807, 2.05) is 36.1 Å². The third-order valence-corrected chi connectivity index (χ3v) is 4.20. The fraction of sp³-hybridized carbons (Fsp3) is 0.412. The molecule has 1 amide bonds. The van der Waals surface area contributed by atoms with Crippen LogP contribution in [0.5, 0.6) is 0 Å². The number of hydrogen-bond donors (Lipinski definition) is 1. The number of carbonyl (C=O) groups is 2. The first-order chi connectivity index (χ1) is 10.6. The summed E-state index contributed by atoms with van der Waals surface area (Å²) >= 11 is 0. The van der Waals surface area contributed by atoms with E-state index >= 15 is 0 Å². The summed E-state index contributed by atoms with van der Waals surface area (Å²) in [6.07, 6.45) is 1.35. The van der Waals surface area contributed by atoms with Gasteiger partial charge in [0.15, 0.2) is 5.78 Å². The van der Waals surface area contributed by atoms with Crippen LogP contribution < -0.4 is 5.32 Å². The number of ketones is 1. The largest absolute Gasteiger partial charge is 0.378 e. The predicted octanol–water partition coefficient (Wildman–Crippen LogP) is 2.21. The molecule has 0 aromatic heterocycles. The number of benzene rings is 1. The number of allylic oxidation sites excluding steroid dienone is 2. The number of carbonyl (C=O) groups excluding carboxylic acids is 2. The van der Waals surface area contributed by atoms with E-state index in [1.165, 1.54) is 0 Å². The second-order valence-corrected chi connectivity index (χ2v) is 5.63. The van der Waals surface area contributed by atoms with Crippen molar-refractivity contribution in [3.8, 4) is 0 Å². The molecule has 1 aromatic rings. The predicted molar refractivity (Wildman–Crippen MR) is 83.7 cm³/mol. The Bertz CT molecular complexity index is 613. The van der Waals surface area contributed by atoms with Crippen molar-refractivity contribution in [2.24, 2.45) is 0 Å². The van der Waals surface area contributed by atoms with Gasteiger partial charge in [-0.3, -0.25) is 9.59 Å². The van der Waals surface area contributed by atoms with Crippen LogP contribution in [0.25, 0.3) is 0 Å². The quantitative estimate of drug-likeness (QED) is 0.930. The van der Waals surface area contributed by atoms with Crippen LogP contribution in [-0.4, -0.2) is 42.9 Å². The highest BCUT2D eigenvalue weighted by atomic mass is 16.5. The number of ether oxygens (including phenoxy) is 1. The number of rotatable bonds is 3. The highest BCUT2D eigenvalue weighted by Crippen LogP contribution is 2.24. The topological polar surface area (TPSA) is 58.6 Å². The minimum absolute atomic E-state index is 0.0429. The van der Waals surface area contributed by atoms with E-state index in [-0.39, 0.29) is 11.7 Å². The molecule has 0 unspecified atom stereocenters. The molecule has 0 bridgehead atoms. The van der Waals surface area contributed by atoms with Gasteiger partial charge in [0.1, 0.15) is 0 Å². The van der Waals surface area contributed by atoms with Crippen LogP contribution in [0.1, 0.15) is 30.1 Å². The van der Waals surface area contributed by atoms with Gasteiger partial charge in [0.25, 0.3) is 5.91 Å². The molecule has 0 radical (unpaired) electrons. The fourth-order valence-electron chi connectivity index (χ4n) is 2.76.